The average Bonchev–Trinajstić information content (AvgIpc) is 2.85. The van der Waals surface area contributed by atoms with Crippen molar-refractivity contribution in [3.8, 4) is 5.75 Å². The summed E-state index contributed by atoms with van der Waals surface area (Å²) in [7, 11) is 0. The molecule has 3 aromatic rings. The number of carbonyl (C=O) groups excluding carboxylic acids is 2. The summed E-state index contributed by atoms with van der Waals surface area (Å²) in [5.74, 6) is 0.0724. The molecule has 1 atom stereocenters. The second kappa shape index (κ2) is 10.5. The summed E-state index contributed by atoms with van der Waals surface area (Å²) in [6.07, 6.45) is 1.13. The third-order valence-corrected chi connectivity index (χ3v) is 6.10. The zero-order valence-electron chi connectivity index (χ0n) is 19.5. The maximum Gasteiger partial charge on any atom is 0.258 e. The van der Waals surface area contributed by atoms with Crippen molar-refractivity contribution < 1.29 is 18.7 Å². The molecule has 6 heteroatoms. The Morgan fingerprint density at radius 3 is 2.62 bits per heavy atom. The molecule has 0 aliphatic carbocycles. The molecule has 0 spiro atoms. The fraction of sp³-hybridized carbons (Fsp3) is 0.286. The number of benzene rings is 3. The molecule has 1 unspecified atom stereocenters. The van der Waals surface area contributed by atoms with Crippen molar-refractivity contribution in [3.05, 3.63) is 100 Å². The normalized spacial score (nSPS) is 14.9. The predicted molar refractivity (Wildman–Crippen MR) is 129 cm³/mol. The number of ether oxygens (including phenoxy) is 1. The summed E-state index contributed by atoms with van der Waals surface area (Å²) >= 11 is 0. The van der Waals surface area contributed by atoms with Crippen LogP contribution in [-0.4, -0.2) is 29.9 Å². The zero-order chi connectivity index (χ0) is 24.1. The number of hydrogen-bond acceptors (Lipinski definition) is 3. The molecule has 176 valence electrons. The molecule has 1 aliphatic rings. The molecule has 2 amide bonds. The Labute approximate surface area is 199 Å². The van der Waals surface area contributed by atoms with Crippen molar-refractivity contribution in [2.45, 2.75) is 39.3 Å². The fourth-order valence-electron chi connectivity index (χ4n) is 4.38. The number of nitrogens with zero attached hydrogens (tertiary/aromatic N) is 1. The van der Waals surface area contributed by atoms with Gasteiger partial charge in [0.15, 0.2) is 6.61 Å². The standard InChI is InChI=1S/C28H29FN2O3/c1-3-27(33)31-14-13-21-9-12-24(16-25(21)28(31)22-7-10-23(29)11-8-22)34-18-26(32)30-17-20-6-4-5-19(2)15-20/h4-12,15-16,28H,3,13-14,17-18H2,1-2H3,(H,30,32). The van der Waals surface area contributed by atoms with E-state index >= 15 is 0 Å². The summed E-state index contributed by atoms with van der Waals surface area (Å²) in [5.41, 5.74) is 5.08. The van der Waals surface area contributed by atoms with Crippen molar-refractivity contribution in [2.24, 2.45) is 0 Å². The van der Waals surface area contributed by atoms with E-state index in [1.165, 1.54) is 12.1 Å². The number of aryl methyl sites for hydroxylation is 1. The lowest BCUT2D eigenvalue weighted by atomic mass is 9.87. The molecule has 0 saturated carbocycles. The monoisotopic (exact) mass is 460 g/mol. The van der Waals surface area contributed by atoms with Crippen LogP contribution in [0, 0.1) is 12.7 Å². The summed E-state index contributed by atoms with van der Waals surface area (Å²) in [6.45, 7) is 4.79. The minimum absolute atomic E-state index is 0.0434. The van der Waals surface area contributed by atoms with Crippen molar-refractivity contribution in [3.63, 3.8) is 0 Å². The first kappa shape index (κ1) is 23.5. The molecule has 0 radical (unpaired) electrons. The first-order valence-electron chi connectivity index (χ1n) is 11.6. The number of fused-ring (bicyclic) bond motifs is 1. The maximum absolute atomic E-state index is 13.6. The third kappa shape index (κ3) is 5.45. The number of carbonyl (C=O) groups is 2. The molecular formula is C28H29FN2O3. The molecule has 1 N–H and O–H groups in total. The van der Waals surface area contributed by atoms with E-state index in [0.29, 0.717) is 25.3 Å². The smallest absolute Gasteiger partial charge is 0.258 e. The Hall–Kier alpha value is -3.67. The molecule has 1 aliphatic heterocycles. The van der Waals surface area contributed by atoms with Gasteiger partial charge in [-0.1, -0.05) is 55.0 Å². The first-order valence-corrected chi connectivity index (χ1v) is 11.6. The highest BCUT2D eigenvalue weighted by atomic mass is 19.1. The zero-order valence-corrected chi connectivity index (χ0v) is 19.5. The number of amides is 2. The van der Waals surface area contributed by atoms with Gasteiger partial charge >= 0.3 is 0 Å². The van der Waals surface area contributed by atoms with E-state index < -0.39 is 0 Å². The summed E-state index contributed by atoms with van der Waals surface area (Å²) in [4.78, 5) is 26.9. The lowest BCUT2D eigenvalue weighted by molar-refractivity contribution is -0.133. The molecule has 1 heterocycles. The fourth-order valence-corrected chi connectivity index (χ4v) is 4.38. The van der Waals surface area contributed by atoms with Crippen LogP contribution in [0.2, 0.25) is 0 Å². The van der Waals surface area contributed by atoms with Crippen LogP contribution in [0.25, 0.3) is 0 Å². The van der Waals surface area contributed by atoms with Gasteiger partial charge in [0.1, 0.15) is 11.6 Å². The van der Waals surface area contributed by atoms with Crippen LogP contribution in [0.5, 0.6) is 5.75 Å². The van der Waals surface area contributed by atoms with Gasteiger partial charge in [-0.3, -0.25) is 9.59 Å². The van der Waals surface area contributed by atoms with Crippen LogP contribution in [0.3, 0.4) is 0 Å². The average molecular weight is 461 g/mol. The molecule has 0 bridgehead atoms. The van der Waals surface area contributed by atoms with E-state index in [2.05, 4.69) is 5.32 Å². The number of hydrogen-bond donors (Lipinski definition) is 1. The van der Waals surface area contributed by atoms with Gasteiger partial charge in [0.05, 0.1) is 6.04 Å². The highest BCUT2D eigenvalue weighted by molar-refractivity contribution is 5.78. The third-order valence-electron chi connectivity index (χ3n) is 6.10. The summed E-state index contributed by atoms with van der Waals surface area (Å²) < 4.78 is 19.4. The largest absolute Gasteiger partial charge is 0.484 e. The predicted octanol–water partition coefficient (Wildman–Crippen LogP) is 4.71. The minimum atomic E-state index is -0.324. The van der Waals surface area contributed by atoms with Gasteiger partial charge in [-0.15, -0.1) is 0 Å². The molecular weight excluding hydrogens is 431 g/mol. The van der Waals surface area contributed by atoms with Crippen molar-refractivity contribution in [2.75, 3.05) is 13.2 Å². The summed E-state index contributed by atoms with van der Waals surface area (Å²) in [5, 5.41) is 2.88. The topological polar surface area (TPSA) is 58.6 Å². The van der Waals surface area contributed by atoms with Gasteiger partial charge in [0, 0.05) is 19.5 Å². The molecule has 3 aromatic carbocycles. The van der Waals surface area contributed by atoms with Crippen molar-refractivity contribution in [1.82, 2.24) is 10.2 Å². The second-order valence-corrected chi connectivity index (χ2v) is 8.56. The lowest BCUT2D eigenvalue weighted by Crippen LogP contribution is -2.40. The van der Waals surface area contributed by atoms with Crippen LogP contribution < -0.4 is 10.1 Å². The van der Waals surface area contributed by atoms with Gasteiger partial charge < -0.3 is 15.0 Å². The minimum Gasteiger partial charge on any atom is -0.484 e. The molecule has 0 saturated heterocycles. The van der Waals surface area contributed by atoms with Gasteiger partial charge in [0.25, 0.3) is 5.91 Å². The maximum atomic E-state index is 13.6. The highest BCUT2D eigenvalue weighted by Gasteiger charge is 2.31. The van der Waals surface area contributed by atoms with Crippen LogP contribution in [0.4, 0.5) is 4.39 Å². The second-order valence-electron chi connectivity index (χ2n) is 8.56. The Balaban J connectivity index is 1.50. The Morgan fingerprint density at radius 2 is 1.88 bits per heavy atom. The number of nitrogens with one attached hydrogen (secondary N) is 1. The number of halogens is 1. The van der Waals surface area contributed by atoms with E-state index in [9.17, 15) is 14.0 Å². The van der Waals surface area contributed by atoms with Crippen LogP contribution in [-0.2, 0) is 22.6 Å². The Morgan fingerprint density at radius 1 is 1.09 bits per heavy atom. The van der Waals surface area contributed by atoms with Crippen LogP contribution in [0.1, 0.15) is 47.2 Å². The van der Waals surface area contributed by atoms with E-state index in [1.807, 2.05) is 61.2 Å². The highest BCUT2D eigenvalue weighted by Crippen LogP contribution is 2.37. The van der Waals surface area contributed by atoms with E-state index in [4.69, 9.17) is 4.74 Å². The molecule has 4 rings (SSSR count). The molecule has 0 aromatic heterocycles. The summed E-state index contributed by atoms with van der Waals surface area (Å²) in [6, 6.07) is 19.7. The van der Waals surface area contributed by atoms with Gasteiger partial charge in [-0.25, -0.2) is 4.39 Å². The van der Waals surface area contributed by atoms with Gasteiger partial charge in [-0.05, 0) is 59.9 Å². The molecule has 34 heavy (non-hydrogen) atoms. The van der Waals surface area contributed by atoms with Crippen LogP contribution in [0.15, 0.2) is 66.7 Å². The Bertz CT molecular complexity index is 1180. The van der Waals surface area contributed by atoms with Crippen molar-refractivity contribution in [1.29, 1.82) is 0 Å². The van der Waals surface area contributed by atoms with Crippen LogP contribution >= 0.6 is 0 Å². The number of rotatable bonds is 7. The molecule has 0 fully saturated rings. The lowest BCUT2D eigenvalue weighted by Gasteiger charge is -2.38. The first-order chi connectivity index (χ1) is 16.4. The SMILES string of the molecule is CCC(=O)N1CCc2ccc(OCC(=O)NCc3cccc(C)c3)cc2C1c1ccc(F)cc1. The van der Waals surface area contributed by atoms with E-state index in [1.54, 1.807) is 12.1 Å². The quantitative estimate of drug-likeness (QED) is 0.555. The van der Waals surface area contributed by atoms with Crippen molar-refractivity contribution >= 4 is 11.8 Å². The molecule has 5 nitrogen and oxygen atoms in total. The van der Waals surface area contributed by atoms with E-state index in [-0.39, 0.29) is 30.3 Å². The van der Waals surface area contributed by atoms with Gasteiger partial charge in [0.2, 0.25) is 5.91 Å². The van der Waals surface area contributed by atoms with E-state index in [0.717, 1.165) is 34.2 Å². The van der Waals surface area contributed by atoms with Gasteiger partial charge in [-0.2, -0.15) is 0 Å². The Kier molecular flexibility index (Phi) is 7.26.